The van der Waals surface area contributed by atoms with Gasteiger partial charge in [0.15, 0.2) is 0 Å². The topological polar surface area (TPSA) is 55.8 Å². The highest BCUT2D eigenvalue weighted by atomic mass is 16.6. The predicted molar refractivity (Wildman–Crippen MR) is 60.3 cm³/mol. The van der Waals surface area contributed by atoms with E-state index in [0.717, 1.165) is 6.42 Å². The fraction of sp³-hybridized carbons (Fsp3) is 0.667. The largest absolute Gasteiger partial charge is 0.464 e. The number of carbonyl (C=O) groups is 2. The highest BCUT2D eigenvalue weighted by molar-refractivity contribution is 6.05. The molecule has 0 aromatic carbocycles. The summed E-state index contributed by atoms with van der Waals surface area (Å²) in [5.74, 6) is -0.968. The van der Waals surface area contributed by atoms with Crippen LogP contribution in [-0.2, 0) is 19.1 Å². The summed E-state index contributed by atoms with van der Waals surface area (Å²) in [6, 6.07) is 0. The monoisotopic (exact) mass is 239 g/mol. The molecule has 0 aliphatic carbocycles. The van der Waals surface area contributed by atoms with Crippen LogP contribution in [0.15, 0.2) is 12.2 Å². The van der Waals surface area contributed by atoms with Crippen molar-refractivity contribution >= 4 is 11.9 Å². The number of fused-ring (bicyclic) bond motifs is 1. The van der Waals surface area contributed by atoms with Crippen molar-refractivity contribution < 1.29 is 19.1 Å². The van der Waals surface area contributed by atoms with E-state index < -0.39 is 17.5 Å². The number of esters is 2. The van der Waals surface area contributed by atoms with Gasteiger partial charge in [-0.1, -0.05) is 12.2 Å². The lowest BCUT2D eigenvalue weighted by molar-refractivity contribution is -0.183. The van der Waals surface area contributed by atoms with Gasteiger partial charge in [0, 0.05) is 19.5 Å². The Balaban J connectivity index is 2.34. The van der Waals surface area contributed by atoms with E-state index in [1.54, 1.807) is 6.92 Å². The van der Waals surface area contributed by atoms with Crippen molar-refractivity contribution in [3.05, 3.63) is 12.2 Å². The zero-order valence-corrected chi connectivity index (χ0v) is 9.98. The third kappa shape index (κ3) is 1.95. The highest BCUT2D eigenvalue weighted by Gasteiger charge is 2.55. The minimum Gasteiger partial charge on any atom is -0.464 e. The summed E-state index contributed by atoms with van der Waals surface area (Å²) in [7, 11) is 0. The lowest BCUT2D eigenvalue weighted by atomic mass is 9.92. The smallest absolute Gasteiger partial charge is 0.338 e. The predicted octanol–water partition coefficient (Wildman–Crippen LogP) is 0.497. The minimum absolute atomic E-state index is 0.269. The Morgan fingerprint density at radius 2 is 2.35 bits per heavy atom. The van der Waals surface area contributed by atoms with Crippen LogP contribution in [0, 0.1) is 0 Å². The minimum atomic E-state index is -1.25. The fourth-order valence-electron chi connectivity index (χ4n) is 2.35. The Kier molecular flexibility index (Phi) is 3.47. The third-order valence-corrected chi connectivity index (χ3v) is 3.23. The second kappa shape index (κ2) is 4.87. The van der Waals surface area contributed by atoms with Gasteiger partial charge in [-0.25, -0.2) is 9.59 Å². The maximum atomic E-state index is 12.1. The number of carbonyl (C=O) groups excluding carboxylic acids is 2. The molecule has 2 aliphatic rings. The SMILES string of the molecule is CCOC(=O)C12CC=CCCN1CCOC2=O. The van der Waals surface area contributed by atoms with Gasteiger partial charge in [0.25, 0.3) is 0 Å². The summed E-state index contributed by atoms with van der Waals surface area (Å²) < 4.78 is 10.1. The summed E-state index contributed by atoms with van der Waals surface area (Å²) in [4.78, 5) is 26.0. The first-order chi connectivity index (χ1) is 8.21. The van der Waals surface area contributed by atoms with Crippen LogP contribution < -0.4 is 0 Å². The summed E-state index contributed by atoms with van der Waals surface area (Å²) in [6.45, 7) is 3.63. The van der Waals surface area contributed by atoms with Crippen molar-refractivity contribution in [1.29, 1.82) is 0 Å². The molecule has 0 bridgehead atoms. The molecule has 2 heterocycles. The normalized spacial score (nSPS) is 29.1. The van der Waals surface area contributed by atoms with Crippen LogP contribution in [0.5, 0.6) is 0 Å². The number of nitrogens with zero attached hydrogens (tertiary/aromatic N) is 1. The number of hydrogen-bond donors (Lipinski definition) is 0. The second-order valence-corrected chi connectivity index (χ2v) is 4.17. The molecule has 0 radical (unpaired) electrons. The van der Waals surface area contributed by atoms with Crippen LogP contribution in [0.4, 0.5) is 0 Å². The van der Waals surface area contributed by atoms with E-state index in [1.807, 2.05) is 17.1 Å². The van der Waals surface area contributed by atoms with Crippen molar-refractivity contribution in [3.63, 3.8) is 0 Å². The van der Waals surface area contributed by atoms with E-state index in [2.05, 4.69) is 0 Å². The lowest BCUT2D eigenvalue weighted by Crippen LogP contribution is -2.64. The van der Waals surface area contributed by atoms with Gasteiger partial charge in [-0.3, -0.25) is 4.90 Å². The number of hydrogen-bond acceptors (Lipinski definition) is 5. The number of rotatable bonds is 2. The quantitative estimate of drug-likeness (QED) is 0.399. The zero-order valence-electron chi connectivity index (χ0n) is 9.98. The molecule has 0 amide bonds. The lowest BCUT2D eigenvalue weighted by Gasteiger charge is -2.41. The van der Waals surface area contributed by atoms with E-state index >= 15 is 0 Å². The van der Waals surface area contributed by atoms with Crippen molar-refractivity contribution in [1.82, 2.24) is 4.90 Å². The molecule has 0 spiro atoms. The molecule has 1 unspecified atom stereocenters. The first kappa shape index (κ1) is 12.1. The first-order valence-electron chi connectivity index (χ1n) is 5.96. The fourth-order valence-corrected chi connectivity index (χ4v) is 2.35. The number of morpholine rings is 1. The molecule has 2 rings (SSSR count). The first-order valence-corrected chi connectivity index (χ1v) is 5.96. The van der Waals surface area contributed by atoms with Crippen LogP contribution in [0.3, 0.4) is 0 Å². The molecule has 1 atom stereocenters. The number of cyclic esters (lactones) is 1. The molecule has 1 fully saturated rings. The molecule has 1 saturated heterocycles. The molecule has 0 aromatic heterocycles. The second-order valence-electron chi connectivity index (χ2n) is 4.17. The van der Waals surface area contributed by atoms with E-state index in [4.69, 9.17) is 9.47 Å². The molecule has 5 heteroatoms. The summed E-state index contributed by atoms with van der Waals surface area (Å²) in [6.07, 6.45) is 5.04. The molecular formula is C12H17NO4. The maximum Gasteiger partial charge on any atom is 0.338 e. The standard InChI is InChI=1S/C12H17NO4/c1-2-16-10(14)12-6-4-3-5-7-13(12)8-9-17-11(12)15/h3-4H,2,5-9H2,1H3. The van der Waals surface area contributed by atoms with Gasteiger partial charge in [-0.05, 0) is 13.3 Å². The van der Waals surface area contributed by atoms with Gasteiger partial charge >= 0.3 is 11.9 Å². The van der Waals surface area contributed by atoms with Crippen molar-refractivity contribution in [2.45, 2.75) is 25.3 Å². The van der Waals surface area contributed by atoms with Gasteiger partial charge in [-0.2, -0.15) is 0 Å². The Labute approximate surface area is 100 Å². The Hall–Kier alpha value is -1.36. The van der Waals surface area contributed by atoms with Crippen molar-refractivity contribution in [3.8, 4) is 0 Å². The number of ether oxygens (including phenoxy) is 2. The van der Waals surface area contributed by atoms with Gasteiger partial charge in [0.2, 0.25) is 5.54 Å². The van der Waals surface area contributed by atoms with Crippen molar-refractivity contribution in [2.24, 2.45) is 0 Å². The molecule has 0 N–H and O–H groups in total. The molecule has 2 aliphatic heterocycles. The highest BCUT2D eigenvalue weighted by Crippen LogP contribution is 2.29. The average Bonchev–Trinajstić information content (AvgIpc) is 2.53. The Bertz CT molecular complexity index is 352. The zero-order chi connectivity index (χ0) is 12.3. The molecule has 17 heavy (non-hydrogen) atoms. The van der Waals surface area contributed by atoms with E-state index in [-0.39, 0.29) is 6.61 Å². The molecule has 5 nitrogen and oxygen atoms in total. The van der Waals surface area contributed by atoms with Crippen LogP contribution in [0.1, 0.15) is 19.8 Å². The molecule has 0 saturated carbocycles. The maximum absolute atomic E-state index is 12.1. The van der Waals surface area contributed by atoms with Gasteiger partial charge in [0.1, 0.15) is 6.61 Å². The van der Waals surface area contributed by atoms with E-state index in [1.165, 1.54) is 0 Å². The molecule has 0 aromatic rings. The summed E-state index contributed by atoms with van der Waals surface area (Å²) in [5.41, 5.74) is -1.25. The Morgan fingerprint density at radius 3 is 3.12 bits per heavy atom. The van der Waals surface area contributed by atoms with Gasteiger partial charge in [-0.15, -0.1) is 0 Å². The Morgan fingerprint density at radius 1 is 1.53 bits per heavy atom. The van der Waals surface area contributed by atoms with Gasteiger partial charge in [0.05, 0.1) is 6.61 Å². The van der Waals surface area contributed by atoms with Crippen LogP contribution in [0.2, 0.25) is 0 Å². The van der Waals surface area contributed by atoms with E-state index in [0.29, 0.717) is 26.1 Å². The van der Waals surface area contributed by atoms with Crippen molar-refractivity contribution in [2.75, 3.05) is 26.3 Å². The van der Waals surface area contributed by atoms with Crippen LogP contribution >= 0.6 is 0 Å². The summed E-state index contributed by atoms with van der Waals surface area (Å²) >= 11 is 0. The molecular weight excluding hydrogens is 222 g/mol. The van der Waals surface area contributed by atoms with Crippen LogP contribution in [-0.4, -0.2) is 48.7 Å². The third-order valence-electron chi connectivity index (χ3n) is 3.23. The average molecular weight is 239 g/mol. The van der Waals surface area contributed by atoms with E-state index in [9.17, 15) is 9.59 Å². The summed E-state index contributed by atoms with van der Waals surface area (Å²) in [5, 5.41) is 0. The molecule has 94 valence electrons. The van der Waals surface area contributed by atoms with Gasteiger partial charge < -0.3 is 9.47 Å². The van der Waals surface area contributed by atoms with Crippen LogP contribution in [0.25, 0.3) is 0 Å².